The summed E-state index contributed by atoms with van der Waals surface area (Å²) in [5.41, 5.74) is 2.55. The molecule has 3 aromatic rings. The van der Waals surface area contributed by atoms with Gasteiger partial charge in [-0.15, -0.1) is 21.5 Å². The van der Waals surface area contributed by atoms with Crippen LogP contribution in [0.5, 0.6) is 0 Å². The molecule has 0 atom stereocenters. The molecule has 0 radical (unpaired) electrons. The summed E-state index contributed by atoms with van der Waals surface area (Å²) in [6.45, 7) is 0. The molecular weight excluding hydrogens is 244 g/mol. The number of anilines is 1. The van der Waals surface area contributed by atoms with E-state index >= 15 is 0 Å². The Morgan fingerprint density at radius 2 is 2.06 bits per heavy atom. The third-order valence-corrected chi connectivity index (χ3v) is 3.95. The number of nitrogens with two attached hydrogens (primary N) is 1. The summed E-state index contributed by atoms with van der Waals surface area (Å²) < 4.78 is 2.05. The zero-order valence-corrected chi connectivity index (χ0v) is 9.64. The number of hydrogen-bond acceptors (Lipinski definition) is 5. The molecule has 0 aliphatic rings. The molecule has 2 heterocycles. The molecule has 0 bridgehead atoms. The quantitative estimate of drug-likeness (QED) is 0.515. The highest BCUT2D eigenvalue weighted by atomic mass is 35.5. The number of hydrazine groups is 1. The molecule has 6 heteroatoms. The van der Waals surface area contributed by atoms with E-state index in [0.717, 1.165) is 20.2 Å². The zero-order valence-electron chi connectivity index (χ0n) is 8.07. The van der Waals surface area contributed by atoms with Gasteiger partial charge in [0.15, 0.2) is 11.0 Å². The number of fused-ring (bicyclic) bond motifs is 3. The SMILES string of the molecule is NNc1nnc(Cl)c2sc3ccccc3c12. The molecule has 16 heavy (non-hydrogen) atoms. The molecule has 0 aliphatic heterocycles. The fourth-order valence-electron chi connectivity index (χ4n) is 1.72. The maximum Gasteiger partial charge on any atom is 0.172 e. The van der Waals surface area contributed by atoms with Crippen molar-refractivity contribution in [1.82, 2.24) is 10.2 Å². The Bertz CT molecular complexity index is 679. The predicted octanol–water partition coefficient (Wildman–Crippen LogP) is 2.78. The van der Waals surface area contributed by atoms with Gasteiger partial charge >= 0.3 is 0 Å². The van der Waals surface area contributed by atoms with E-state index in [0.29, 0.717) is 11.0 Å². The number of nitrogens with one attached hydrogen (secondary N) is 1. The number of benzene rings is 1. The van der Waals surface area contributed by atoms with Crippen LogP contribution in [0.15, 0.2) is 24.3 Å². The van der Waals surface area contributed by atoms with Gasteiger partial charge in [-0.3, -0.25) is 0 Å². The molecule has 3 rings (SSSR count). The van der Waals surface area contributed by atoms with E-state index in [-0.39, 0.29) is 0 Å². The van der Waals surface area contributed by atoms with Gasteiger partial charge in [-0.2, -0.15) is 0 Å². The van der Waals surface area contributed by atoms with Crippen LogP contribution in [0, 0.1) is 0 Å². The number of rotatable bonds is 1. The van der Waals surface area contributed by atoms with Crippen molar-refractivity contribution in [3.8, 4) is 0 Å². The second kappa shape index (κ2) is 3.55. The Morgan fingerprint density at radius 3 is 2.88 bits per heavy atom. The van der Waals surface area contributed by atoms with Crippen LogP contribution in [-0.2, 0) is 0 Å². The van der Waals surface area contributed by atoms with Gasteiger partial charge in [0.2, 0.25) is 0 Å². The number of thiophene rings is 1. The lowest BCUT2D eigenvalue weighted by Gasteiger charge is -2.00. The van der Waals surface area contributed by atoms with Crippen molar-refractivity contribution in [3.05, 3.63) is 29.4 Å². The lowest BCUT2D eigenvalue weighted by Crippen LogP contribution is -2.09. The van der Waals surface area contributed by atoms with Gasteiger partial charge in [-0.05, 0) is 6.07 Å². The van der Waals surface area contributed by atoms with Gasteiger partial charge in [0.25, 0.3) is 0 Å². The molecule has 0 amide bonds. The normalized spacial score (nSPS) is 11.1. The summed E-state index contributed by atoms with van der Waals surface area (Å²) in [7, 11) is 0. The maximum atomic E-state index is 6.03. The minimum absolute atomic E-state index is 0.412. The average molecular weight is 251 g/mol. The van der Waals surface area contributed by atoms with E-state index in [1.54, 1.807) is 11.3 Å². The third-order valence-electron chi connectivity index (χ3n) is 2.39. The van der Waals surface area contributed by atoms with Gasteiger partial charge < -0.3 is 5.43 Å². The molecule has 0 aliphatic carbocycles. The van der Waals surface area contributed by atoms with Gasteiger partial charge in [-0.25, -0.2) is 5.84 Å². The fourth-order valence-corrected chi connectivity index (χ4v) is 3.04. The van der Waals surface area contributed by atoms with E-state index in [1.807, 2.05) is 24.3 Å². The number of nitrogens with zero attached hydrogens (tertiary/aromatic N) is 2. The molecule has 0 fully saturated rings. The second-order valence-corrected chi connectivity index (χ2v) is 4.70. The molecule has 0 saturated carbocycles. The molecular formula is C10H7ClN4S. The number of halogens is 1. The van der Waals surface area contributed by atoms with E-state index < -0.39 is 0 Å². The van der Waals surface area contributed by atoms with Crippen molar-refractivity contribution in [2.75, 3.05) is 5.43 Å². The molecule has 0 spiro atoms. The van der Waals surface area contributed by atoms with Gasteiger partial charge in [-0.1, -0.05) is 29.8 Å². The highest BCUT2D eigenvalue weighted by Crippen LogP contribution is 2.39. The van der Waals surface area contributed by atoms with Crippen LogP contribution in [0.1, 0.15) is 0 Å². The minimum Gasteiger partial charge on any atom is -0.306 e. The number of nitrogen functional groups attached to an aromatic ring is 1. The Kier molecular flexibility index (Phi) is 2.17. The molecule has 3 N–H and O–H groups in total. The van der Waals surface area contributed by atoms with Crippen LogP contribution in [-0.4, -0.2) is 10.2 Å². The van der Waals surface area contributed by atoms with E-state index in [1.165, 1.54) is 0 Å². The monoisotopic (exact) mass is 250 g/mol. The van der Waals surface area contributed by atoms with Crippen LogP contribution in [0.3, 0.4) is 0 Å². The fraction of sp³-hybridized carbons (Fsp3) is 0. The first kappa shape index (κ1) is 9.77. The molecule has 0 unspecified atom stereocenters. The molecule has 0 saturated heterocycles. The largest absolute Gasteiger partial charge is 0.306 e. The summed E-state index contributed by atoms with van der Waals surface area (Å²) in [6, 6.07) is 8.02. The molecule has 80 valence electrons. The molecule has 2 aromatic heterocycles. The van der Waals surface area contributed by atoms with E-state index in [9.17, 15) is 0 Å². The van der Waals surface area contributed by atoms with Crippen molar-refractivity contribution < 1.29 is 0 Å². The van der Waals surface area contributed by atoms with Crippen LogP contribution in [0.25, 0.3) is 20.2 Å². The van der Waals surface area contributed by atoms with Crippen LogP contribution in [0.2, 0.25) is 5.15 Å². The smallest absolute Gasteiger partial charge is 0.172 e. The lowest BCUT2D eigenvalue weighted by atomic mass is 10.2. The minimum atomic E-state index is 0.412. The van der Waals surface area contributed by atoms with Crippen molar-refractivity contribution in [3.63, 3.8) is 0 Å². The topological polar surface area (TPSA) is 63.8 Å². The van der Waals surface area contributed by atoms with Crippen molar-refractivity contribution >= 4 is 48.9 Å². The van der Waals surface area contributed by atoms with E-state index in [2.05, 4.69) is 15.6 Å². The average Bonchev–Trinajstić information content (AvgIpc) is 2.70. The summed E-state index contributed by atoms with van der Waals surface area (Å²) in [5.74, 6) is 5.98. The Hall–Kier alpha value is -1.43. The Balaban J connectivity index is 2.59. The highest BCUT2D eigenvalue weighted by molar-refractivity contribution is 7.26. The predicted molar refractivity (Wildman–Crippen MR) is 67.7 cm³/mol. The Labute approximate surface area is 100 Å². The summed E-state index contributed by atoms with van der Waals surface area (Å²) in [5, 5.41) is 10.2. The van der Waals surface area contributed by atoms with Crippen molar-refractivity contribution in [2.24, 2.45) is 5.84 Å². The standard InChI is InChI=1S/C10H7ClN4S/c11-9-8-7(10(13-12)15-14-9)5-3-1-2-4-6(5)16-8/h1-4H,12H2,(H,13,15). The number of hydrogen-bond donors (Lipinski definition) is 2. The lowest BCUT2D eigenvalue weighted by molar-refractivity contribution is 1.04. The van der Waals surface area contributed by atoms with E-state index in [4.69, 9.17) is 17.4 Å². The van der Waals surface area contributed by atoms with Crippen molar-refractivity contribution in [2.45, 2.75) is 0 Å². The summed E-state index contributed by atoms with van der Waals surface area (Å²) in [6.07, 6.45) is 0. The van der Waals surface area contributed by atoms with Crippen molar-refractivity contribution in [1.29, 1.82) is 0 Å². The molecule has 4 nitrogen and oxygen atoms in total. The first-order valence-electron chi connectivity index (χ1n) is 4.61. The third kappa shape index (κ3) is 1.26. The second-order valence-electron chi connectivity index (χ2n) is 3.29. The van der Waals surface area contributed by atoms with Crippen LogP contribution < -0.4 is 11.3 Å². The first-order valence-corrected chi connectivity index (χ1v) is 5.80. The van der Waals surface area contributed by atoms with Gasteiger partial charge in [0, 0.05) is 15.5 Å². The number of aromatic nitrogens is 2. The maximum absolute atomic E-state index is 6.03. The Morgan fingerprint density at radius 1 is 1.25 bits per heavy atom. The van der Waals surface area contributed by atoms with Crippen LogP contribution in [0.4, 0.5) is 5.82 Å². The first-order chi connectivity index (χ1) is 7.81. The zero-order chi connectivity index (χ0) is 11.1. The van der Waals surface area contributed by atoms with Gasteiger partial charge in [0.05, 0.1) is 4.70 Å². The summed E-state index contributed by atoms with van der Waals surface area (Å²) >= 11 is 7.61. The highest BCUT2D eigenvalue weighted by Gasteiger charge is 2.13. The van der Waals surface area contributed by atoms with Crippen LogP contribution >= 0.6 is 22.9 Å². The molecule has 1 aromatic carbocycles. The van der Waals surface area contributed by atoms with Gasteiger partial charge in [0.1, 0.15) is 0 Å². The summed E-state index contributed by atoms with van der Waals surface area (Å²) in [4.78, 5) is 0.